The molecule has 4 rings (SSSR count). The van der Waals surface area contributed by atoms with E-state index in [1.165, 1.54) is 16.7 Å². The minimum atomic E-state index is 0.696. The quantitative estimate of drug-likeness (QED) is 0.686. The molecule has 1 fully saturated rings. The van der Waals surface area contributed by atoms with E-state index in [9.17, 15) is 0 Å². The van der Waals surface area contributed by atoms with Crippen molar-refractivity contribution >= 4 is 28.9 Å². The van der Waals surface area contributed by atoms with Crippen LogP contribution in [-0.2, 0) is 13.7 Å². The number of nitrogens with one attached hydrogen (secondary N) is 1. The molecule has 0 saturated carbocycles. The van der Waals surface area contributed by atoms with E-state index in [1.807, 2.05) is 13.0 Å². The average Bonchev–Trinajstić information content (AvgIpc) is 2.95. The Labute approximate surface area is 165 Å². The van der Waals surface area contributed by atoms with E-state index in [0.717, 1.165) is 43.4 Å². The summed E-state index contributed by atoms with van der Waals surface area (Å²) in [4.78, 5) is 4.00. The number of piperazine rings is 1. The van der Waals surface area contributed by atoms with Crippen molar-refractivity contribution in [2.24, 2.45) is 7.05 Å². The fraction of sp³-hybridized carbons (Fsp3) is 0.381. The molecule has 142 valence electrons. The maximum absolute atomic E-state index is 5.81. The Hall–Kier alpha value is -2.31. The highest BCUT2D eigenvalue weighted by Gasteiger charge is 2.23. The monoisotopic (exact) mass is 383 g/mol. The highest BCUT2D eigenvalue weighted by atomic mass is 32.1. The van der Waals surface area contributed by atoms with Crippen molar-refractivity contribution in [3.8, 4) is 5.75 Å². The number of aryl methyl sites for hydroxylation is 1. The second-order valence-electron chi connectivity index (χ2n) is 7.05. The van der Waals surface area contributed by atoms with Crippen LogP contribution in [0.4, 0.5) is 5.69 Å². The largest absolute Gasteiger partial charge is 0.492 e. The van der Waals surface area contributed by atoms with E-state index in [4.69, 9.17) is 17.0 Å². The second kappa shape index (κ2) is 7.74. The van der Waals surface area contributed by atoms with Crippen LogP contribution in [0, 0.1) is 4.77 Å². The third-order valence-corrected chi connectivity index (χ3v) is 5.90. The number of fused-ring (bicyclic) bond motifs is 1. The molecular weight excluding hydrogens is 356 g/mol. The lowest BCUT2D eigenvalue weighted by molar-refractivity contribution is -0.923. The Morgan fingerprint density at radius 3 is 2.41 bits per heavy atom. The lowest BCUT2D eigenvalue weighted by Crippen LogP contribution is -3.14. The van der Waals surface area contributed by atoms with Gasteiger partial charge in [-0.25, -0.2) is 0 Å². The fourth-order valence-electron chi connectivity index (χ4n) is 3.96. The maximum Gasteiger partial charge on any atom is 0.184 e. The van der Waals surface area contributed by atoms with Gasteiger partial charge in [0.25, 0.3) is 0 Å². The summed E-state index contributed by atoms with van der Waals surface area (Å²) < 4.78 is 11.1. The van der Waals surface area contributed by atoms with E-state index in [-0.39, 0.29) is 0 Å². The molecule has 1 aliphatic heterocycles. The van der Waals surface area contributed by atoms with Gasteiger partial charge in [0.15, 0.2) is 11.4 Å². The molecule has 0 aliphatic carbocycles. The van der Waals surface area contributed by atoms with E-state index in [2.05, 4.69) is 63.5 Å². The van der Waals surface area contributed by atoms with Crippen molar-refractivity contribution in [3.63, 3.8) is 0 Å². The number of benzene rings is 2. The summed E-state index contributed by atoms with van der Waals surface area (Å²) in [5.41, 5.74) is 3.63. The zero-order valence-electron chi connectivity index (χ0n) is 16.0. The molecular formula is C21H27N4OS+. The van der Waals surface area contributed by atoms with Crippen LogP contribution in [0.2, 0.25) is 0 Å². The molecule has 0 unspecified atom stereocenters. The molecule has 3 aromatic rings. The summed E-state index contributed by atoms with van der Waals surface area (Å²) in [6.45, 7) is 7.88. The number of hydrogen-bond donors (Lipinski definition) is 1. The van der Waals surface area contributed by atoms with Crippen molar-refractivity contribution < 1.29 is 9.64 Å². The van der Waals surface area contributed by atoms with Crippen LogP contribution in [0.1, 0.15) is 6.92 Å². The van der Waals surface area contributed by atoms with Gasteiger partial charge in [-0.3, -0.25) is 4.57 Å². The maximum atomic E-state index is 5.81. The standard InChI is InChI=1S/C21H26N4OS/c1-3-26-20-11-7-6-10-19(20)24-14-12-23(13-15-24)16-25-18-9-5-4-8-17(18)22(2)21(25)27/h4-11H,3,12-16H2,1-2H3/p+1. The summed E-state index contributed by atoms with van der Waals surface area (Å²) >= 11 is 5.69. The smallest absolute Gasteiger partial charge is 0.184 e. The molecule has 0 bridgehead atoms. The molecule has 0 spiro atoms. The zero-order valence-corrected chi connectivity index (χ0v) is 16.8. The van der Waals surface area contributed by atoms with Gasteiger partial charge in [0, 0.05) is 7.05 Å². The number of aromatic nitrogens is 2. The fourth-order valence-corrected chi connectivity index (χ4v) is 4.22. The Morgan fingerprint density at radius 1 is 1.00 bits per heavy atom. The van der Waals surface area contributed by atoms with Crippen molar-refractivity contribution in [2.45, 2.75) is 13.6 Å². The molecule has 0 atom stereocenters. The number of anilines is 1. The summed E-state index contributed by atoms with van der Waals surface area (Å²) in [7, 11) is 2.05. The lowest BCUT2D eigenvalue weighted by atomic mass is 10.2. The number of para-hydroxylation sites is 4. The van der Waals surface area contributed by atoms with Gasteiger partial charge in [0.1, 0.15) is 5.75 Å². The third kappa shape index (κ3) is 3.47. The first-order chi connectivity index (χ1) is 13.2. The highest BCUT2D eigenvalue weighted by Crippen LogP contribution is 2.27. The molecule has 0 radical (unpaired) electrons. The van der Waals surface area contributed by atoms with Crippen LogP contribution in [0.3, 0.4) is 0 Å². The Bertz CT molecular complexity index is 985. The van der Waals surface area contributed by atoms with Crippen molar-refractivity contribution in [2.75, 3.05) is 37.7 Å². The molecule has 5 nitrogen and oxygen atoms in total. The van der Waals surface area contributed by atoms with Crippen molar-refractivity contribution in [3.05, 3.63) is 53.3 Å². The molecule has 1 N–H and O–H groups in total. The highest BCUT2D eigenvalue weighted by molar-refractivity contribution is 7.71. The average molecular weight is 384 g/mol. The molecule has 1 aliphatic rings. The number of nitrogens with zero attached hydrogens (tertiary/aromatic N) is 3. The van der Waals surface area contributed by atoms with E-state index in [0.29, 0.717) is 6.61 Å². The van der Waals surface area contributed by atoms with E-state index >= 15 is 0 Å². The van der Waals surface area contributed by atoms with Gasteiger partial charge < -0.3 is 19.1 Å². The topological polar surface area (TPSA) is 26.8 Å². The van der Waals surface area contributed by atoms with Gasteiger partial charge in [-0.05, 0) is 43.4 Å². The predicted octanol–water partition coefficient (Wildman–Crippen LogP) is 2.47. The Kier molecular flexibility index (Phi) is 5.18. The first-order valence-electron chi connectivity index (χ1n) is 9.63. The van der Waals surface area contributed by atoms with Crippen molar-refractivity contribution in [1.29, 1.82) is 0 Å². The van der Waals surface area contributed by atoms with Crippen LogP contribution < -0.4 is 14.5 Å². The minimum absolute atomic E-state index is 0.696. The number of quaternary nitrogens is 1. The van der Waals surface area contributed by atoms with Crippen LogP contribution in [0.5, 0.6) is 5.75 Å². The first kappa shape index (κ1) is 18.1. The van der Waals surface area contributed by atoms with E-state index < -0.39 is 0 Å². The number of hydrogen-bond acceptors (Lipinski definition) is 3. The molecule has 2 aromatic carbocycles. The number of rotatable bonds is 5. The molecule has 6 heteroatoms. The van der Waals surface area contributed by atoms with Gasteiger partial charge in [0.05, 0.1) is 49.5 Å². The lowest BCUT2D eigenvalue weighted by Gasteiger charge is -2.34. The number of imidazole rings is 1. The Balaban J connectivity index is 1.48. The number of ether oxygens (including phenoxy) is 1. The van der Waals surface area contributed by atoms with Gasteiger partial charge in [-0.15, -0.1) is 0 Å². The zero-order chi connectivity index (χ0) is 18.8. The second-order valence-corrected chi connectivity index (χ2v) is 7.42. The third-order valence-electron chi connectivity index (χ3n) is 5.41. The molecule has 2 heterocycles. The van der Waals surface area contributed by atoms with Crippen LogP contribution in [0.25, 0.3) is 11.0 Å². The van der Waals surface area contributed by atoms with Gasteiger partial charge in [0.2, 0.25) is 0 Å². The predicted molar refractivity (Wildman–Crippen MR) is 112 cm³/mol. The molecule has 27 heavy (non-hydrogen) atoms. The van der Waals surface area contributed by atoms with Crippen LogP contribution >= 0.6 is 12.2 Å². The summed E-state index contributed by atoms with van der Waals surface area (Å²) in [5.74, 6) is 0.986. The van der Waals surface area contributed by atoms with Crippen molar-refractivity contribution in [1.82, 2.24) is 9.13 Å². The molecule has 0 amide bonds. The minimum Gasteiger partial charge on any atom is -0.492 e. The SMILES string of the molecule is CCOc1ccccc1N1CC[NH+](Cn2c(=S)n(C)c3ccccc32)CC1. The molecule has 1 aromatic heterocycles. The summed E-state index contributed by atoms with van der Waals surface area (Å²) in [6.07, 6.45) is 0. The van der Waals surface area contributed by atoms with Crippen LogP contribution in [-0.4, -0.2) is 41.9 Å². The van der Waals surface area contributed by atoms with Gasteiger partial charge >= 0.3 is 0 Å². The molecule has 1 saturated heterocycles. The van der Waals surface area contributed by atoms with Crippen LogP contribution in [0.15, 0.2) is 48.5 Å². The van der Waals surface area contributed by atoms with Gasteiger partial charge in [-0.1, -0.05) is 24.3 Å². The Morgan fingerprint density at radius 2 is 1.67 bits per heavy atom. The van der Waals surface area contributed by atoms with Gasteiger partial charge in [-0.2, -0.15) is 0 Å². The first-order valence-corrected chi connectivity index (χ1v) is 10.0. The van der Waals surface area contributed by atoms with E-state index in [1.54, 1.807) is 4.90 Å². The summed E-state index contributed by atoms with van der Waals surface area (Å²) in [6, 6.07) is 16.8. The summed E-state index contributed by atoms with van der Waals surface area (Å²) in [5, 5.41) is 0. The normalized spacial score (nSPS) is 15.4.